The summed E-state index contributed by atoms with van der Waals surface area (Å²) in [5, 5.41) is 10.4. The Labute approximate surface area is 130 Å². The predicted octanol–water partition coefficient (Wildman–Crippen LogP) is 2.35. The molecule has 0 aromatic heterocycles. The summed E-state index contributed by atoms with van der Waals surface area (Å²) in [6.07, 6.45) is -2.41. The van der Waals surface area contributed by atoms with Gasteiger partial charge in [0.15, 0.2) is 5.60 Å². The van der Waals surface area contributed by atoms with Crippen molar-refractivity contribution < 1.29 is 18.3 Å². The van der Waals surface area contributed by atoms with E-state index in [4.69, 9.17) is 0 Å². The fourth-order valence-corrected chi connectivity index (χ4v) is 5.00. The molecule has 4 heterocycles. The van der Waals surface area contributed by atoms with Crippen LogP contribution in [0.3, 0.4) is 0 Å². The molecule has 4 saturated heterocycles. The number of fused-ring (bicyclic) bond motifs is 2. The minimum atomic E-state index is -4.60. The fraction of sp³-hybridized carbons (Fsp3) is 1.00. The van der Waals surface area contributed by atoms with Crippen LogP contribution in [0.15, 0.2) is 0 Å². The molecule has 4 fully saturated rings. The first-order valence-electron chi connectivity index (χ1n) is 8.40. The zero-order valence-electron chi connectivity index (χ0n) is 13.6. The molecule has 0 radical (unpaired) electrons. The van der Waals surface area contributed by atoms with Gasteiger partial charge < -0.3 is 5.11 Å². The number of rotatable bonds is 3. The van der Waals surface area contributed by atoms with Gasteiger partial charge in [-0.1, -0.05) is 13.8 Å². The number of hydrogen-bond donors (Lipinski definition) is 1. The second kappa shape index (κ2) is 5.35. The lowest BCUT2D eigenvalue weighted by molar-refractivity contribution is -0.277. The van der Waals surface area contributed by atoms with Crippen molar-refractivity contribution in [3.05, 3.63) is 0 Å². The van der Waals surface area contributed by atoms with Crippen molar-refractivity contribution in [2.75, 3.05) is 26.2 Å². The molecule has 3 nitrogen and oxygen atoms in total. The Morgan fingerprint density at radius 2 is 1.77 bits per heavy atom. The largest absolute Gasteiger partial charge is 0.418 e. The molecule has 0 spiro atoms. The fourth-order valence-electron chi connectivity index (χ4n) is 5.00. The highest BCUT2D eigenvalue weighted by Gasteiger charge is 2.65. The van der Waals surface area contributed by atoms with Crippen LogP contribution in [0.5, 0.6) is 0 Å². The van der Waals surface area contributed by atoms with Crippen LogP contribution in [-0.4, -0.2) is 64.9 Å². The highest BCUT2D eigenvalue weighted by molar-refractivity contribution is 5.13. The average Bonchev–Trinajstić information content (AvgIpc) is 2.78. The molecule has 0 aromatic carbocycles. The third-order valence-electron chi connectivity index (χ3n) is 5.95. The summed E-state index contributed by atoms with van der Waals surface area (Å²) in [5.41, 5.74) is -2.65. The van der Waals surface area contributed by atoms with E-state index in [1.54, 1.807) is 0 Å². The predicted molar refractivity (Wildman–Crippen MR) is 78.5 cm³/mol. The molecule has 0 aromatic rings. The van der Waals surface area contributed by atoms with E-state index in [1.165, 1.54) is 0 Å². The van der Waals surface area contributed by atoms with Gasteiger partial charge in [0.1, 0.15) is 0 Å². The number of piperidine rings is 3. The number of likely N-dealkylation sites (tertiary alicyclic amines) is 1. The standard InChI is InChI=1S/C16H27F3N2O/c1-10(2)8-21-9-12-11-4-6-20(7-5-11)13(12)14(21)15(3,22)16(17,18)19/h10-14,22H,4-9H2,1-3H3. The maximum Gasteiger partial charge on any atom is 0.418 e. The minimum Gasteiger partial charge on any atom is -0.379 e. The van der Waals surface area contributed by atoms with Gasteiger partial charge in [-0.05, 0) is 50.6 Å². The molecule has 4 atom stereocenters. The summed E-state index contributed by atoms with van der Waals surface area (Å²) in [6.45, 7) is 8.09. The summed E-state index contributed by atoms with van der Waals surface area (Å²) < 4.78 is 40.5. The van der Waals surface area contributed by atoms with Gasteiger partial charge in [-0.2, -0.15) is 13.2 Å². The Hall–Kier alpha value is -0.330. The lowest BCUT2D eigenvalue weighted by atomic mass is 9.71. The van der Waals surface area contributed by atoms with Crippen LogP contribution in [0.4, 0.5) is 13.2 Å². The van der Waals surface area contributed by atoms with Crippen LogP contribution in [0.2, 0.25) is 0 Å². The lowest BCUT2D eigenvalue weighted by Crippen LogP contribution is -2.66. The SMILES string of the molecule is CC(C)CN1CC2C3CCN(CC3)C2C1C(C)(O)C(F)(F)F. The molecule has 4 aliphatic heterocycles. The van der Waals surface area contributed by atoms with Crippen LogP contribution in [0.25, 0.3) is 0 Å². The highest BCUT2D eigenvalue weighted by atomic mass is 19.4. The molecule has 22 heavy (non-hydrogen) atoms. The van der Waals surface area contributed by atoms with E-state index in [-0.39, 0.29) is 12.0 Å². The molecular weight excluding hydrogens is 293 g/mol. The van der Waals surface area contributed by atoms with Crippen molar-refractivity contribution in [1.29, 1.82) is 0 Å². The van der Waals surface area contributed by atoms with Crippen molar-refractivity contribution >= 4 is 0 Å². The Balaban J connectivity index is 1.95. The molecule has 0 aliphatic carbocycles. The monoisotopic (exact) mass is 320 g/mol. The van der Waals surface area contributed by atoms with Crippen LogP contribution in [0.1, 0.15) is 33.6 Å². The Kier molecular flexibility index (Phi) is 4.02. The van der Waals surface area contributed by atoms with Crippen LogP contribution >= 0.6 is 0 Å². The van der Waals surface area contributed by atoms with E-state index in [0.29, 0.717) is 24.9 Å². The van der Waals surface area contributed by atoms with E-state index in [9.17, 15) is 18.3 Å². The Bertz CT molecular complexity index is 416. The summed E-state index contributed by atoms with van der Waals surface area (Å²) in [5.74, 6) is 1.10. The molecule has 4 rings (SSSR count). The first kappa shape index (κ1) is 16.5. The summed E-state index contributed by atoms with van der Waals surface area (Å²) in [7, 11) is 0. The maximum absolute atomic E-state index is 13.5. The normalized spacial score (nSPS) is 41.7. The molecule has 1 N–H and O–H groups in total. The number of halogens is 3. The quantitative estimate of drug-likeness (QED) is 0.865. The van der Waals surface area contributed by atoms with Gasteiger partial charge in [0.05, 0.1) is 6.04 Å². The van der Waals surface area contributed by atoms with Crippen molar-refractivity contribution in [2.24, 2.45) is 17.8 Å². The molecule has 6 heteroatoms. The molecular formula is C16H27F3N2O. The van der Waals surface area contributed by atoms with Crippen molar-refractivity contribution in [3.8, 4) is 0 Å². The summed E-state index contributed by atoms with van der Waals surface area (Å²) in [4.78, 5) is 4.12. The molecule has 0 saturated carbocycles. The molecule has 4 unspecified atom stereocenters. The van der Waals surface area contributed by atoms with E-state index in [2.05, 4.69) is 4.90 Å². The first-order chi connectivity index (χ1) is 10.1. The summed E-state index contributed by atoms with van der Waals surface area (Å²) >= 11 is 0. The molecule has 0 amide bonds. The smallest absolute Gasteiger partial charge is 0.379 e. The maximum atomic E-state index is 13.5. The third kappa shape index (κ3) is 2.47. The van der Waals surface area contributed by atoms with Gasteiger partial charge in [0.2, 0.25) is 0 Å². The van der Waals surface area contributed by atoms with E-state index in [0.717, 1.165) is 32.9 Å². The van der Waals surface area contributed by atoms with Gasteiger partial charge in [-0.15, -0.1) is 0 Å². The van der Waals surface area contributed by atoms with Crippen LogP contribution in [0, 0.1) is 17.8 Å². The highest BCUT2D eigenvalue weighted by Crippen LogP contribution is 2.49. The van der Waals surface area contributed by atoms with Crippen LogP contribution < -0.4 is 0 Å². The lowest BCUT2D eigenvalue weighted by Gasteiger charge is -2.52. The van der Waals surface area contributed by atoms with Gasteiger partial charge in [-0.3, -0.25) is 9.80 Å². The first-order valence-corrected chi connectivity index (χ1v) is 8.40. The van der Waals surface area contributed by atoms with Gasteiger partial charge in [0, 0.05) is 19.1 Å². The van der Waals surface area contributed by atoms with Gasteiger partial charge >= 0.3 is 6.18 Å². The zero-order chi connectivity index (χ0) is 16.3. The second-order valence-corrected chi connectivity index (χ2v) is 7.97. The van der Waals surface area contributed by atoms with Gasteiger partial charge in [-0.25, -0.2) is 0 Å². The van der Waals surface area contributed by atoms with Crippen molar-refractivity contribution in [1.82, 2.24) is 9.80 Å². The van der Waals surface area contributed by atoms with Crippen molar-refractivity contribution in [2.45, 2.75) is 57.5 Å². The molecule has 128 valence electrons. The zero-order valence-corrected chi connectivity index (χ0v) is 13.6. The Morgan fingerprint density at radius 1 is 1.18 bits per heavy atom. The Morgan fingerprint density at radius 3 is 2.27 bits per heavy atom. The number of nitrogens with zero attached hydrogens (tertiary/aromatic N) is 2. The van der Waals surface area contributed by atoms with E-state index >= 15 is 0 Å². The third-order valence-corrected chi connectivity index (χ3v) is 5.95. The number of alkyl halides is 3. The van der Waals surface area contributed by atoms with Crippen molar-refractivity contribution in [3.63, 3.8) is 0 Å². The van der Waals surface area contributed by atoms with E-state index in [1.807, 2.05) is 18.7 Å². The number of hydrogen-bond acceptors (Lipinski definition) is 3. The number of aliphatic hydroxyl groups is 1. The van der Waals surface area contributed by atoms with E-state index < -0.39 is 17.8 Å². The topological polar surface area (TPSA) is 26.7 Å². The minimum absolute atomic E-state index is 0.150. The average molecular weight is 320 g/mol. The van der Waals surface area contributed by atoms with Gasteiger partial charge in [0.25, 0.3) is 0 Å². The molecule has 2 bridgehead atoms. The molecule has 4 aliphatic rings. The summed E-state index contributed by atoms with van der Waals surface area (Å²) in [6, 6.07) is -0.995. The van der Waals surface area contributed by atoms with Crippen LogP contribution in [-0.2, 0) is 0 Å². The second-order valence-electron chi connectivity index (χ2n) is 7.97.